The zero-order valence-electron chi connectivity index (χ0n) is 45.5. The van der Waals surface area contributed by atoms with Gasteiger partial charge in [-0.25, -0.2) is 31.9 Å². The fourth-order valence-electron chi connectivity index (χ4n) is 6.65. The second kappa shape index (κ2) is 32.5. The number of hydrogen-bond donors (Lipinski definition) is 10. The fraction of sp³-hybridized carbons (Fsp3) is 0.155. The first kappa shape index (κ1) is 61.7. The maximum absolute atomic E-state index is 11.8. The lowest BCUT2D eigenvalue weighted by molar-refractivity contribution is -0.119. The van der Waals surface area contributed by atoms with Gasteiger partial charge in [-0.2, -0.15) is 25.5 Å². The lowest BCUT2D eigenvalue weighted by atomic mass is 9.97. The summed E-state index contributed by atoms with van der Waals surface area (Å²) in [5.74, 6) is -0.927. The van der Waals surface area contributed by atoms with Crippen LogP contribution >= 0.6 is 0 Å². The number of nitrogens with zero attached hydrogens (tertiary/aromatic N) is 8. The number of aromatic nitrogens is 2. The number of phenols is 3. The van der Waals surface area contributed by atoms with Gasteiger partial charge in [0.1, 0.15) is 23.5 Å². The molecule has 0 spiro atoms. The Morgan fingerprint density at radius 3 is 1.90 bits per heavy atom. The van der Waals surface area contributed by atoms with Crippen molar-refractivity contribution in [3.05, 3.63) is 201 Å². The van der Waals surface area contributed by atoms with E-state index in [1.54, 1.807) is 73.1 Å². The molecule has 0 saturated carbocycles. The number of carbonyl (C=O) groups is 5. The number of pyridine rings is 1. The summed E-state index contributed by atoms with van der Waals surface area (Å²) >= 11 is 0. The van der Waals surface area contributed by atoms with Gasteiger partial charge in [0, 0.05) is 54.7 Å². The number of amides is 6. The smallest absolute Gasteiger partial charge is 0.339 e. The fourth-order valence-corrected chi connectivity index (χ4v) is 6.65. The molecule has 0 atom stereocenters. The predicted octanol–water partition coefficient (Wildman–Crippen LogP) is 6.25. The molecule has 1 aliphatic rings. The molecule has 6 amide bonds. The van der Waals surface area contributed by atoms with Gasteiger partial charge in [-0.1, -0.05) is 67.9 Å². The predicted molar refractivity (Wildman–Crippen MR) is 312 cm³/mol. The Hall–Kier alpha value is -11.2. The van der Waals surface area contributed by atoms with Crippen molar-refractivity contribution >= 4 is 66.4 Å². The number of hydrogen-bond acceptors (Lipinski definition) is 17. The molecule has 2 aromatic heterocycles. The molecule has 24 nitrogen and oxygen atoms in total. The number of H-pyrrole nitrogens is 1. The Balaban J connectivity index is 0.000000201. The average Bonchev–Trinajstić information content (AvgIpc) is 4.33. The number of anilines is 1. The van der Waals surface area contributed by atoms with E-state index in [-0.39, 0.29) is 46.5 Å². The van der Waals surface area contributed by atoms with E-state index in [0.29, 0.717) is 52.3 Å². The standard InChI is InChI=1S/C16H15N5O.C15H20N4O3.C15H15N3O3.C12H11N3O2/c1-11-5-7-12(8-6-11)9-19-21-16(22)20-14-4-2-3-13-15(14)18-10-17-13;1-9(2)12-5-13(7-16-18-10(3)20)15(22)14(6-12)8-17-19-11(4)21;1-2-21-13-5-3-4-12(14(13)19)10-17-18-15(20)11-6-8-16-9-7-11;16-11-6-2-1-5-10(11)12(17)15-14-8-9-4-3-7-13-9/h2-9H,10H2,1H3,(H2,20,21,22);5-9,22H,1-4H3,(H,18,20)(H,19,21);3-10,19H,2H2,1H3,(H,18,20);1-8,13,16H,(H,15,17)/b19-9+;16-7+,17-8+;17-10+;14-8+. The monoisotopic (exact) mass is 1110 g/mol. The van der Waals surface area contributed by atoms with Crippen molar-refractivity contribution < 1.29 is 44.0 Å². The quantitative estimate of drug-likeness (QED) is 0.0383. The molecule has 422 valence electrons. The number of para-hydroxylation sites is 3. The molecule has 24 heteroatoms. The minimum Gasteiger partial charge on any atom is -0.507 e. The van der Waals surface area contributed by atoms with Crippen LogP contribution in [-0.4, -0.2) is 99.3 Å². The van der Waals surface area contributed by atoms with Crippen LogP contribution in [0.3, 0.4) is 0 Å². The number of carbonyl (C=O) groups excluding carboxylic acids is 5. The molecule has 10 N–H and O–H groups in total. The molecular weight excluding hydrogens is 1050 g/mol. The van der Waals surface area contributed by atoms with E-state index in [1.165, 1.54) is 68.8 Å². The second-order valence-corrected chi connectivity index (χ2v) is 17.3. The van der Waals surface area contributed by atoms with Crippen molar-refractivity contribution in [1.29, 1.82) is 0 Å². The summed E-state index contributed by atoms with van der Waals surface area (Å²) < 4.78 is 5.27. The molecule has 0 fully saturated rings. The largest absolute Gasteiger partial charge is 0.507 e. The lowest BCUT2D eigenvalue weighted by Crippen LogP contribution is -2.31. The Morgan fingerprint density at radius 2 is 1.27 bits per heavy atom. The van der Waals surface area contributed by atoms with Gasteiger partial charge < -0.3 is 30.4 Å². The van der Waals surface area contributed by atoms with Crippen molar-refractivity contribution in [2.45, 2.75) is 47.5 Å². The number of rotatable bonds is 16. The number of hydrazone groups is 5. The summed E-state index contributed by atoms with van der Waals surface area (Å²) in [5, 5.41) is 52.9. The molecule has 8 rings (SSSR count). The summed E-state index contributed by atoms with van der Waals surface area (Å²) in [6, 6.07) is 34.6. The summed E-state index contributed by atoms with van der Waals surface area (Å²) in [6.07, 6.45) is 12.0. The Labute approximate surface area is 471 Å². The van der Waals surface area contributed by atoms with Gasteiger partial charge in [0.05, 0.1) is 60.0 Å². The molecular formula is C58H61N15O9. The number of benzene rings is 5. The molecule has 5 aromatic carbocycles. The topological polar surface area (TPSA) is 343 Å². The first-order chi connectivity index (χ1) is 39.5. The van der Waals surface area contributed by atoms with Crippen molar-refractivity contribution in [2.75, 3.05) is 18.6 Å². The van der Waals surface area contributed by atoms with E-state index in [1.807, 2.05) is 76.2 Å². The molecule has 7 aromatic rings. The molecule has 0 radical (unpaired) electrons. The Bertz CT molecular complexity index is 3520. The number of phenolic OH excluding ortho intramolecular Hbond substituents is 3. The summed E-state index contributed by atoms with van der Waals surface area (Å²) in [7, 11) is 0. The number of aromatic amines is 1. The van der Waals surface area contributed by atoms with Gasteiger partial charge in [-0.05, 0) is 104 Å². The van der Waals surface area contributed by atoms with Crippen molar-refractivity contribution in [3.63, 3.8) is 0 Å². The average molecular weight is 1110 g/mol. The number of aryl methyl sites for hydroxylation is 1. The number of aromatic hydroxyl groups is 3. The zero-order valence-corrected chi connectivity index (χ0v) is 45.5. The van der Waals surface area contributed by atoms with E-state index in [4.69, 9.17) is 4.74 Å². The molecule has 0 bridgehead atoms. The van der Waals surface area contributed by atoms with Crippen LogP contribution in [0, 0.1) is 6.92 Å². The number of fused-ring (bicyclic) bond motifs is 1. The van der Waals surface area contributed by atoms with Crippen LogP contribution < -0.4 is 47.9 Å². The van der Waals surface area contributed by atoms with Gasteiger partial charge in [0.15, 0.2) is 11.5 Å². The third-order valence-electron chi connectivity index (χ3n) is 10.7. The van der Waals surface area contributed by atoms with Crippen molar-refractivity contribution in [3.8, 4) is 23.0 Å². The highest BCUT2D eigenvalue weighted by molar-refractivity contribution is 5.97. The van der Waals surface area contributed by atoms with Gasteiger partial charge in [0.25, 0.3) is 11.8 Å². The molecule has 0 saturated heterocycles. The molecule has 0 aliphatic carbocycles. The van der Waals surface area contributed by atoms with E-state index < -0.39 is 11.9 Å². The molecule has 82 heavy (non-hydrogen) atoms. The van der Waals surface area contributed by atoms with Crippen LogP contribution in [0.1, 0.15) is 100 Å². The normalized spacial score (nSPS) is 11.3. The molecule has 3 heterocycles. The second-order valence-electron chi connectivity index (χ2n) is 17.3. The van der Waals surface area contributed by atoms with Crippen LogP contribution in [0.15, 0.2) is 175 Å². The maximum Gasteiger partial charge on any atom is 0.339 e. The van der Waals surface area contributed by atoms with Crippen LogP contribution in [0.2, 0.25) is 0 Å². The van der Waals surface area contributed by atoms with Gasteiger partial charge >= 0.3 is 6.03 Å². The molecule has 1 aliphatic heterocycles. The minimum atomic E-state index is -0.453. The molecule has 0 unspecified atom stereocenters. The van der Waals surface area contributed by atoms with E-state index >= 15 is 0 Å². The summed E-state index contributed by atoms with van der Waals surface area (Å²) in [6.45, 7) is 11.4. The first-order valence-electron chi connectivity index (χ1n) is 25.1. The maximum atomic E-state index is 11.8. The zero-order chi connectivity index (χ0) is 59.2. The Kier molecular flexibility index (Phi) is 24.5. The number of urea groups is 1. The summed E-state index contributed by atoms with van der Waals surface area (Å²) in [4.78, 5) is 72.0. The van der Waals surface area contributed by atoms with Gasteiger partial charge in [-0.15, -0.1) is 0 Å². The van der Waals surface area contributed by atoms with E-state index in [2.05, 4.69) is 77.9 Å². The number of nitrogens with one attached hydrogen (secondary N) is 7. The van der Waals surface area contributed by atoms with Gasteiger partial charge in [-0.3, -0.25) is 34.1 Å². The first-order valence-corrected chi connectivity index (χ1v) is 25.1. The highest BCUT2D eigenvalue weighted by atomic mass is 16.5. The van der Waals surface area contributed by atoms with Crippen LogP contribution in [0.25, 0.3) is 0 Å². The van der Waals surface area contributed by atoms with Crippen LogP contribution in [0.5, 0.6) is 23.0 Å². The van der Waals surface area contributed by atoms with Crippen molar-refractivity contribution in [1.82, 2.24) is 37.1 Å². The highest BCUT2D eigenvalue weighted by Gasteiger charge is 2.12. The van der Waals surface area contributed by atoms with Crippen LogP contribution in [0.4, 0.5) is 10.5 Å². The lowest BCUT2D eigenvalue weighted by Gasteiger charge is -2.10. The highest BCUT2D eigenvalue weighted by Crippen LogP contribution is 2.29. The van der Waals surface area contributed by atoms with Crippen molar-refractivity contribution in [2.24, 2.45) is 35.5 Å². The van der Waals surface area contributed by atoms with Crippen LogP contribution in [-0.2, 0) is 9.59 Å². The van der Waals surface area contributed by atoms with E-state index in [0.717, 1.165) is 22.2 Å². The third-order valence-corrected chi connectivity index (χ3v) is 10.7. The van der Waals surface area contributed by atoms with Gasteiger partial charge in [0.2, 0.25) is 11.8 Å². The van der Waals surface area contributed by atoms with E-state index in [9.17, 15) is 39.3 Å². The minimum absolute atomic E-state index is 0.0127. The SMILES string of the molecule is CC(=O)N/N=C/c1cc(C(C)C)cc(/C=N/NC(C)=O)c1O.CCOc1cccc(/C=N/NC(=O)c2ccncc2)c1O.Cc1ccc(/C=N/NC(=O)Nc2cccc3c2=NCN=3)cc1.O=C(N/N=C/c1ccc[nH]1)c1ccccc1O. The Morgan fingerprint density at radius 1 is 0.646 bits per heavy atom. The third kappa shape index (κ3) is 20.7. The number of ether oxygens (including phenoxy) is 1. The summed E-state index contributed by atoms with van der Waals surface area (Å²) in [5.41, 5.74) is 18.1.